The van der Waals surface area contributed by atoms with Crippen molar-refractivity contribution in [2.45, 2.75) is 13.0 Å². The highest BCUT2D eigenvalue weighted by Gasteiger charge is 2.28. The third kappa shape index (κ3) is 3.51. The number of nitrogens with one attached hydrogen (secondary N) is 2. The van der Waals surface area contributed by atoms with Crippen molar-refractivity contribution in [2.24, 2.45) is 0 Å². The van der Waals surface area contributed by atoms with Crippen molar-refractivity contribution in [3.05, 3.63) is 36.0 Å². The normalized spacial score (nSPS) is 17.5. The number of nitrogens with zero attached hydrogens (tertiary/aromatic N) is 3. The molecule has 24 heavy (non-hydrogen) atoms. The van der Waals surface area contributed by atoms with Crippen LogP contribution in [0.2, 0.25) is 0 Å². The lowest BCUT2D eigenvalue weighted by Crippen LogP contribution is -2.56. The number of carbonyl (C=O) groups excluding carboxylic acids is 1. The van der Waals surface area contributed by atoms with Gasteiger partial charge in [-0.25, -0.2) is 4.79 Å². The van der Waals surface area contributed by atoms with E-state index in [2.05, 4.69) is 20.6 Å². The van der Waals surface area contributed by atoms with Crippen molar-refractivity contribution in [1.29, 1.82) is 0 Å². The van der Waals surface area contributed by atoms with Crippen LogP contribution in [-0.4, -0.2) is 52.6 Å². The van der Waals surface area contributed by atoms with Gasteiger partial charge in [0.1, 0.15) is 12.3 Å². The molecule has 3 heterocycles. The van der Waals surface area contributed by atoms with Gasteiger partial charge in [-0.2, -0.15) is 4.98 Å². The molecule has 0 aromatic carbocycles. The van der Waals surface area contributed by atoms with Crippen LogP contribution < -0.4 is 15.5 Å². The van der Waals surface area contributed by atoms with E-state index in [1.54, 1.807) is 17.2 Å². The molecule has 0 radical (unpaired) electrons. The fourth-order valence-electron chi connectivity index (χ4n) is 2.38. The fraction of sp³-hybridized carbons (Fsp3) is 0.333. The number of rotatable bonds is 4. The number of carboxylic acid groups (broad SMARTS) is 1. The van der Waals surface area contributed by atoms with Gasteiger partial charge in [-0.1, -0.05) is 0 Å². The summed E-state index contributed by atoms with van der Waals surface area (Å²) in [5.41, 5.74) is 1.33. The van der Waals surface area contributed by atoms with Gasteiger partial charge in [-0.05, 0) is 19.1 Å². The molecule has 1 saturated heterocycles. The Morgan fingerprint density at radius 3 is 2.96 bits per heavy atom. The number of pyridine rings is 1. The molecule has 3 rings (SSSR count). The molecule has 9 nitrogen and oxygen atoms in total. The third-order valence-electron chi connectivity index (χ3n) is 3.65. The standard InChI is InChI=1S/C15H17N5O4/c1-9-2-3-10(6-17-9)18-13(21)11-7-20(5-4-16-11)15-19-12(8-24-15)14(22)23/h2-3,6,8,11,16H,4-5,7H2,1H3,(H,18,21)(H,22,23)/t11-/m0/s1. The number of carbonyl (C=O) groups is 2. The predicted molar refractivity (Wildman–Crippen MR) is 85.1 cm³/mol. The number of oxazole rings is 1. The molecule has 1 aliphatic rings. The highest BCUT2D eigenvalue weighted by molar-refractivity contribution is 5.95. The number of hydrogen-bond donors (Lipinski definition) is 3. The zero-order chi connectivity index (χ0) is 17.1. The van der Waals surface area contributed by atoms with Gasteiger partial charge >= 0.3 is 5.97 Å². The van der Waals surface area contributed by atoms with Crippen LogP contribution in [-0.2, 0) is 4.79 Å². The number of amides is 1. The molecule has 9 heteroatoms. The maximum absolute atomic E-state index is 12.4. The first-order chi connectivity index (χ1) is 11.5. The molecule has 3 N–H and O–H groups in total. The molecule has 0 saturated carbocycles. The SMILES string of the molecule is Cc1ccc(NC(=O)[C@@H]2CN(c3nc(C(=O)O)co3)CCN2)cn1. The summed E-state index contributed by atoms with van der Waals surface area (Å²) in [5, 5.41) is 14.8. The van der Waals surface area contributed by atoms with Crippen LogP contribution in [0.1, 0.15) is 16.2 Å². The molecule has 126 valence electrons. The Kier molecular flexibility index (Phi) is 4.43. The lowest BCUT2D eigenvalue weighted by atomic mass is 10.2. The number of hydrogen-bond acceptors (Lipinski definition) is 7. The number of carboxylic acids is 1. The molecule has 1 fully saturated rings. The Morgan fingerprint density at radius 2 is 2.29 bits per heavy atom. The monoisotopic (exact) mass is 331 g/mol. The lowest BCUT2D eigenvalue weighted by Gasteiger charge is -2.31. The highest BCUT2D eigenvalue weighted by atomic mass is 16.4. The van der Waals surface area contributed by atoms with Crippen molar-refractivity contribution in [3.63, 3.8) is 0 Å². The summed E-state index contributed by atoms with van der Waals surface area (Å²) in [6, 6.07) is 3.33. The number of aromatic nitrogens is 2. The van der Waals surface area contributed by atoms with E-state index in [1.165, 1.54) is 0 Å². The first-order valence-electron chi connectivity index (χ1n) is 7.43. The Bertz CT molecular complexity index is 743. The number of aryl methyl sites for hydroxylation is 1. The summed E-state index contributed by atoms with van der Waals surface area (Å²) >= 11 is 0. The van der Waals surface area contributed by atoms with Crippen molar-refractivity contribution >= 4 is 23.6 Å². The summed E-state index contributed by atoms with van der Waals surface area (Å²) in [7, 11) is 0. The largest absolute Gasteiger partial charge is 0.476 e. The minimum Gasteiger partial charge on any atom is -0.476 e. The highest BCUT2D eigenvalue weighted by Crippen LogP contribution is 2.16. The van der Waals surface area contributed by atoms with Gasteiger partial charge in [0, 0.05) is 25.3 Å². The molecule has 0 spiro atoms. The summed E-state index contributed by atoms with van der Waals surface area (Å²) in [6.45, 7) is 3.31. The molecular weight excluding hydrogens is 314 g/mol. The summed E-state index contributed by atoms with van der Waals surface area (Å²) in [5.74, 6) is -1.35. The summed E-state index contributed by atoms with van der Waals surface area (Å²) in [6.07, 6.45) is 2.69. The zero-order valence-corrected chi connectivity index (χ0v) is 13.0. The lowest BCUT2D eigenvalue weighted by molar-refractivity contribution is -0.118. The van der Waals surface area contributed by atoms with Crippen molar-refractivity contribution < 1.29 is 19.1 Å². The maximum Gasteiger partial charge on any atom is 0.357 e. The van der Waals surface area contributed by atoms with Crippen molar-refractivity contribution in [2.75, 3.05) is 29.9 Å². The van der Waals surface area contributed by atoms with Crippen LogP contribution >= 0.6 is 0 Å². The summed E-state index contributed by atoms with van der Waals surface area (Å²) in [4.78, 5) is 33.0. The number of piperazine rings is 1. The number of aromatic carboxylic acids is 1. The van der Waals surface area contributed by atoms with Crippen LogP contribution in [0.5, 0.6) is 0 Å². The van der Waals surface area contributed by atoms with E-state index < -0.39 is 12.0 Å². The van der Waals surface area contributed by atoms with Gasteiger partial charge in [-0.15, -0.1) is 0 Å². The van der Waals surface area contributed by atoms with Gasteiger partial charge in [0.15, 0.2) is 5.69 Å². The first-order valence-corrected chi connectivity index (χ1v) is 7.43. The maximum atomic E-state index is 12.4. The summed E-state index contributed by atoms with van der Waals surface area (Å²) < 4.78 is 5.19. The Morgan fingerprint density at radius 1 is 1.46 bits per heavy atom. The molecule has 2 aromatic heterocycles. The van der Waals surface area contributed by atoms with Crippen LogP contribution in [0.25, 0.3) is 0 Å². The van der Waals surface area contributed by atoms with E-state index in [4.69, 9.17) is 9.52 Å². The Labute approximate surface area is 137 Å². The van der Waals surface area contributed by atoms with E-state index >= 15 is 0 Å². The third-order valence-corrected chi connectivity index (χ3v) is 3.65. The topological polar surface area (TPSA) is 121 Å². The molecule has 0 unspecified atom stereocenters. The predicted octanol–water partition coefficient (Wildman–Crippen LogP) is 0.493. The van der Waals surface area contributed by atoms with Crippen molar-refractivity contribution in [3.8, 4) is 0 Å². The molecule has 1 amide bonds. The number of anilines is 2. The quantitative estimate of drug-likeness (QED) is 0.740. The van der Waals surface area contributed by atoms with Crippen LogP contribution in [0.4, 0.5) is 11.7 Å². The van der Waals surface area contributed by atoms with E-state index in [1.807, 2.05) is 13.0 Å². The smallest absolute Gasteiger partial charge is 0.357 e. The van der Waals surface area contributed by atoms with E-state index in [9.17, 15) is 9.59 Å². The fourth-order valence-corrected chi connectivity index (χ4v) is 2.38. The van der Waals surface area contributed by atoms with E-state index in [0.717, 1.165) is 12.0 Å². The van der Waals surface area contributed by atoms with Gasteiger partial charge in [0.2, 0.25) is 5.91 Å². The molecule has 0 bridgehead atoms. The molecular formula is C15H17N5O4. The Balaban J connectivity index is 1.64. The van der Waals surface area contributed by atoms with Gasteiger partial charge in [-0.3, -0.25) is 9.78 Å². The molecule has 1 atom stereocenters. The minimum absolute atomic E-state index is 0.157. The second-order valence-corrected chi connectivity index (χ2v) is 5.45. The average Bonchev–Trinajstić information content (AvgIpc) is 3.07. The average molecular weight is 331 g/mol. The van der Waals surface area contributed by atoms with Crippen LogP contribution in [0, 0.1) is 6.92 Å². The zero-order valence-electron chi connectivity index (χ0n) is 13.0. The molecule has 0 aliphatic carbocycles. The van der Waals surface area contributed by atoms with E-state index in [-0.39, 0.29) is 17.6 Å². The van der Waals surface area contributed by atoms with E-state index in [0.29, 0.717) is 25.3 Å². The minimum atomic E-state index is -1.15. The Hall–Kier alpha value is -2.94. The second kappa shape index (κ2) is 6.67. The van der Waals surface area contributed by atoms with Gasteiger partial charge < -0.3 is 25.1 Å². The molecule has 1 aliphatic heterocycles. The first kappa shape index (κ1) is 15.9. The van der Waals surface area contributed by atoms with Crippen LogP contribution in [0.3, 0.4) is 0 Å². The second-order valence-electron chi connectivity index (χ2n) is 5.45. The van der Waals surface area contributed by atoms with Gasteiger partial charge in [0.05, 0.1) is 11.9 Å². The van der Waals surface area contributed by atoms with Gasteiger partial charge in [0.25, 0.3) is 6.01 Å². The molecule has 2 aromatic rings. The van der Waals surface area contributed by atoms with Crippen molar-refractivity contribution in [1.82, 2.24) is 15.3 Å². The van der Waals surface area contributed by atoms with Crippen LogP contribution in [0.15, 0.2) is 29.0 Å².